The number of benzene rings is 4. The number of amides is 9. The molecule has 0 radical (unpaired) electrons. The average molecular weight is 1990 g/mol. The standard InChI is InChI=1S/C24H24N6O3S2.C24H25N5O2S2.C22H22N6O4S3.C22H22N6O2S2/c1-14(31)26-16-4-3-5-17(10-16)27-24-25-12-20-22(28-24)18-11-19(35-21(18)13-34-20)23(33)30-8-6-29(7-9-30)15(2)32;1-14-8-15(2)10-17(9-14)26-24-25-12-20-22(27-24)18-11-19(33-21(18)13-32-20)23(31)29-6-4-28(5-7-29)16(3)30;1-13(29)27-5-7-28(8-6-27)21(30)17-10-16-19(34-17)12-33-18-11-24-22(26-20(16)18)25-14-3-2-4-15(9-14)35(23,31)32;1-13(29)25-14-3-2-4-15(9-14)26-22-24-11-18-20(27-22)16-10-17(32-19(16)12-31-18)21(30)28-7-5-23-6-8-28/h3-5,10-12H,6-9,13H2,1-2H3,(H,26,31)(H,25,27,28);8-12H,4-7,13H2,1-3H3,(H,25,26,27);2-4,9-11H,5-8,12H2,1H3,(H2,23,31,32)(H,24,25,26);2-4,9-11,23H,5-8,12H2,1H3,(H,25,29)(H,24,26,27). The van der Waals surface area contributed by atoms with E-state index in [4.69, 9.17) is 20.1 Å². The van der Waals surface area contributed by atoms with Crippen LogP contribution < -0.4 is 42.4 Å². The molecule has 0 aliphatic carbocycles. The largest absolute Gasteiger partial charge is 0.339 e. The molecule has 0 saturated carbocycles. The van der Waals surface area contributed by atoms with Crippen LogP contribution in [0.25, 0.3) is 45.0 Å². The van der Waals surface area contributed by atoms with Crippen LogP contribution in [0, 0.1) is 13.8 Å². The molecule has 135 heavy (non-hydrogen) atoms. The normalized spacial score (nSPS) is 15.0. The average Bonchev–Trinajstić information content (AvgIpc) is 1.66. The maximum atomic E-state index is 13.2. The lowest BCUT2D eigenvalue weighted by Crippen LogP contribution is -2.49. The lowest BCUT2D eigenvalue weighted by molar-refractivity contribution is -0.131. The number of nitrogens with two attached hydrogens (primary N) is 1. The fourth-order valence-corrected chi connectivity index (χ4v) is 25.4. The van der Waals surface area contributed by atoms with Crippen LogP contribution in [0.2, 0.25) is 0 Å². The van der Waals surface area contributed by atoms with Crippen molar-refractivity contribution in [2.75, 3.05) is 137 Å². The smallest absolute Gasteiger partial charge is 0.264 e. The Morgan fingerprint density at radius 2 is 0.615 bits per heavy atom. The van der Waals surface area contributed by atoms with Crippen molar-refractivity contribution in [1.82, 2.24) is 79.5 Å². The predicted octanol–water partition coefficient (Wildman–Crippen LogP) is 14.4. The van der Waals surface area contributed by atoms with Gasteiger partial charge >= 0.3 is 0 Å². The van der Waals surface area contributed by atoms with Crippen LogP contribution >= 0.6 is 92.4 Å². The number of fused-ring (bicyclic) bond motifs is 12. The zero-order chi connectivity index (χ0) is 94.5. The van der Waals surface area contributed by atoms with Crippen molar-refractivity contribution >= 4 is 214 Å². The molecule has 696 valence electrons. The van der Waals surface area contributed by atoms with Gasteiger partial charge in [0.15, 0.2) is 0 Å². The van der Waals surface area contributed by atoms with E-state index in [0.717, 1.165) is 155 Å². The van der Waals surface area contributed by atoms with Crippen LogP contribution in [-0.2, 0) is 57.0 Å². The van der Waals surface area contributed by atoms with Crippen LogP contribution in [0.5, 0.6) is 0 Å². The third-order valence-corrected chi connectivity index (χ3v) is 33.1. The van der Waals surface area contributed by atoms with E-state index in [2.05, 4.69) is 94.2 Å². The number of hydrogen-bond donors (Lipinski definition) is 8. The number of nitrogens with zero attached hydrogens (tertiary/aromatic N) is 15. The molecule has 4 saturated heterocycles. The minimum Gasteiger partial charge on any atom is -0.339 e. The summed E-state index contributed by atoms with van der Waals surface area (Å²) in [6.45, 7) is 21.5. The summed E-state index contributed by atoms with van der Waals surface area (Å²) in [6, 6.07) is 34.9. The van der Waals surface area contributed by atoms with Gasteiger partial charge in [-0.25, -0.2) is 53.4 Å². The summed E-state index contributed by atoms with van der Waals surface area (Å²) in [5, 5.41) is 26.8. The Labute approximate surface area is 811 Å². The van der Waals surface area contributed by atoms with Crippen molar-refractivity contribution in [1.29, 1.82) is 0 Å². The van der Waals surface area contributed by atoms with Crippen LogP contribution in [0.1, 0.15) is 104 Å². The van der Waals surface area contributed by atoms with Crippen LogP contribution in [0.3, 0.4) is 0 Å². The Balaban J connectivity index is 0.000000125. The number of aryl methyl sites for hydroxylation is 2. The second-order valence-corrected chi connectivity index (χ2v) is 42.7. The third kappa shape index (κ3) is 22.6. The summed E-state index contributed by atoms with van der Waals surface area (Å²) in [6.07, 6.45) is 7.21. The van der Waals surface area contributed by atoms with E-state index in [-0.39, 0.29) is 58.1 Å². The monoisotopic (exact) mass is 1980 g/mol. The van der Waals surface area contributed by atoms with E-state index >= 15 is 0 Å². The third-order valence-electron chi connectivity index (χ3n) is 22.8. The van der Waals surface area contributed by atoms with E-state index in [0.29, 0.717) is 129 Å². The van der Waals surface area contributed by atoms with Crippen molar-refractivity contribution < 1.29 is 51.6 Å². The number of anilines is 10. The molecular weight excluding hydrogens is 1890 g/mol. The first-order chi connectivity index (χ1) is 65.0. The van der Waals surface area contributed by atoms with Crippen molar-refractivity contribution in [3.63, 3.8) is 0 Å². The number of aromatic nitrogens is 8. The first-order valence-electron chi connectivity index (χ1n) is 43.2. The molecule has 0 atom stereocenters. The van der Waals surface area contributed by atoms with Crippen LogP contribution in [-0.4, -0.2) is 240 Å². The molecule has 8 aromatic heterocycles. The lowest BCUT2D eigenvalue weighted by atomic mass is 10.1. The first kappa shape index (κ1) is 94.5. The quantitative estimate of drug-likeness (QED) is 0.0472. The number of sulfonamides is 1. The number of carbonyl (C=O) groups is 9. The van der Waals surface area contributed by atoms with Crippen molar-refractivity contribution in [2.45, 2.75) is 96.0 Å². The van der Waals surface area contributed by atoms with Gasteiger partial charge in [0.1, 0.15) is 0 Å². The van der Waals surface area contributed by atoms with E-state index in [1.54, 1.807) is 135 Å². The molecule has 4 fully saturated rings. The molecule has 9 amide bonds. The highest BCUT2D eigenvalue weighted by Crippen LogP contribution is 2.50. The summed E-state index contributed by atoms with van der Waals surface area (Å²) in [5.74, 6) is 4.86. The number of carbonyl (C=O) groups excluding carboxylic acids is 9. The highest BCUT2D eigenvalue weighted by Gasteiger charge is 2.35. The van der Waals surface area contributed by atoms with Crippen molar-refractivity contribution in [3.05, 3.63) is 190 Å². The highest BCUT2D eigenvalue weighted by atomic mass is 32.2. The van der Waals surface area contributed by atoms with Gasteiger partial charge in [0.2, 0.25) is 63.4 Å². The summed E-state index contributed by atoms with van der Waals surface area (Å²) in [4.78, 5) is 171. The predicted molar refractivity (Wildman–Crippen MR) is 531 cm³/mol. The fourth-order valence-electron chi connectivity index (χ4n) is 16.1. The minimum absolute atomic E-state index is 0.00124. The van der Waals surface area contributed by atoms with Gasteiger partial charge < -0.3 is 71.5 Å². The van der Waals surface area contributed by atoms with Gasteiger partial charge in [0.05, 0.1) is 66.8 Å². The molecule has 12 aromatic rings. The molecule has 34 nitrogen and oxygen atoms in total. The minimum atomic E-state index is -3.83. The van der Waals surface area contributed by atoms with Gasteiger partial charge in [-0.15, -0.1) is 92.4 Å². The lowest BCUT2D eigenvalue weighted by Gasteiger charge is -2.33. The number of rotatable bonds is 15. The second kappa shape index (κ2) is 41.5. The van der Waals surface area contributed by atoms with E-state index in [1.165, 1.54) is 64.7 Å². The molecule has 16 heterocycles. The number of piperazine rings is 4. The Kier molecular flexibility index (Phi) is 29.0. The van der Waals surface area contributed by atoms with E-state index in [9.17, 15) is 51.6 Å². The Morgan fingerprint density at radius 3 is 0.911 bits per heavy atom. The number of nitrogens with one attached hydrogen (secondary N) is 7. The van der Waals surface area contributed by atoms with Crippen molar-refractivity contribution in [2.24, 2.45) is 5.14 Å². The molecule has 0 unspecified atom stereocenters. The number of thiophene rings is 4. The molecule has 8 aliphatic heterocycles. The van der Waals surface area contributed by atoms with Gasteiger partial charge in [-0.2, -0.15) is 0 Å². The van der Waals surface area contributed by atoms with Gasteiger partial charge in [-0.3, -0.25) is 43.2 Å². The second-order valence-electron chi connectivity index (χ2n) is 32.5. The molecule has 0 bridgehead atoms. The molecule has 43 heteroatoms. The topological polar surface area (TPSA) is 424 Å². The summed E-state index contributed by atoms with van der Waals surface area (Å²) in [7, 11) is -3.83. The number of thioether (sulfide) groups is 4. The van der Waals surface area contributed by atoms with Gasteiger partial charge in [-0.05, 0) is 116 Å². The molecular formula is C92H93N23O11S9. The fraction of sp³-hybridized carbons (Fsp3) is 0.293. The Bertz CT molecular complexity index is 6760. The van der Waals surface area contributed by atoms with Gasteiger partial charge in [-0.1, -0.05) is 24.3 Å². The molecule has 0 spiro atoms. The zero-order valence-corrected chi connectivity index (χ0v) is 81.7. The molecule has 8 aliphatic rings. The van der Waals surface area contributed by atoms with Crippen LogP contribution in [0.4, 0.5) is 57.9 Å². The molecule has 4 aromatic carbocycles. The summed E-state index contributed by atoms with van der Waals surface area (Å²) >= 11 is 12.8. The SMILES string of the molecule is CC(=O)N1CCN(C(=O)c2cc3c(s2)CSc2cnc(Nc4cc(C)cc(C)c4)nc2-3)CC1.CC(=O)N1CCN(C(=O)c2cc3c(s2)CSc2cnc(Nc4cccc(S(N)(=O)=O)c4)nc2-3)CC1.CC(=O)Nc1cccc(Nc2ncc3c(n2)-c2cc(C(=O)N4CCN(C(C)=O)CC4)sc2CS3)c1.CC(=O)Nc1cccc(Nc2ncc3c(n2)-c2cc(C(=O)N4CCNCC4)sc2CS3)c1. The number of hydrogen-bond acceptors (Lipinski definition) is 32. The number of primary sulfonamides is 1. The van der Waals surface area contributed by atoms with Crippen molar-refractivity contribution in [3.8, 4) is 45.0 Å². The van der Waals surface area contributed by atoms with Gasteiger partial charge in [0, 0.05) is 263 Å². The van der Waals surface area contributed by atoms with Gasteiger partial charge in [0.25, 0.3) is 23.6 Å². The Hall–Kier alpha value is -12.3. The Morgan fingerprint density at radius 1 is 0.341 bits per heavy atom. The molecule has 9 N–H and O–H groups in total. The van der Waals surface area contributed by atoms with E-state index in [1.807, 2.05) is 99.9 Å². The summed E-state index contributed by atoms with van der Waals surface area (Å²) < 4.78 is 23.3. The van der Waals surface area contributed by atoms with Crippen LogP contribution in [0.15, 0.2) is 165 Å². The highest BCUT2D eigenvalue weighted by molar-refractivity contribution is 7.99. The summed E-state index contributed by atoms with van der Waals surface area (Å²) in [5.41, 5.74) is 13.9. The first-order valence-corrected chi connectivity index (χ1v) is 52.0. The molecule has 20 rings (SSSR count). The maximum Gasteiger partial charge on any atom is 0.264 e. The van der Waals surface area contributed by atoms with E-state index < -0.39 is 10.0 Å². The maximum absolute atomic E-state index is 13.2. The zero-order valence-electron chi connectivity index (χ0n) is 74.4.